The van der Waals surface area contributed by atoms with Crippen LogP contribution in [0.5, 0.6) is 5.75 Å². The summed E-state index contributed by atoms with van der Waals surface area (Å²) >= 11 is 0. The second kappa shape index (κ2) is 9.62. The normalized spacial score (nSPS) is 16.8. The highest BCUT2D eigenvalue weighted by Crippen LogP contribution is 2.31. The van der Waals surface area contributed by atoms with E-state index in [1.54, 1.807) is 32.2 Å². The number of amides is 1. The molecule has 1 fully saturated rings. The van der Waals surface area contributed by atoms with Crippen LogP contribution >= 0.6 is 0 Å². The van der Waals surface area contributed by atoms with Crippen LogP contribution in [0.25, 0.3) is 10.9 Å². The Labute approximate surface area is 174 Å². The number of rotatable bonds is 7. The van der Waals surface area contributed by atoms with Crippen molar-refractivity contribution in [3.63, 3.8) is 0 Å². The molecule has 0 bridgehead atoms. The number of H-pyrrole nitrogens is 1. The lowest BCUT2D eigenvalue weighted by molar-refractivity contribution is -0.150. The maximum atomic E-state index is 12.8. The Hall–Kier alpha value is -3.07. The number of carbonyl (C=O) groups excluding carboxylic acids is 3. The van der Waals surface area contributed by atoms with Gasteiger partial charge in [0.2, 0.25) is 5.91 Å². The SMILES string of the molecule is CCOC(=O)[C@H]1CCCN(CC(=O)Nc2c(C(=O)OC)[nH]c3cc(OC)ccc23)C1. The largest absolute Gasteiger partial charge is 0.497 e. The van der Waals surface area contributed by atoms with Gasteiger partial charge in [-0.1, -0.05) is 0 Å². The fraction of sp³-hybridized carbons (Fsp3) is 0.476. The van der Waals surface area contributed by atoms with Crippen molar-refractivity contribution in [2.45, 2.75) is 19.8 Å². The Morgan fingerprint density at radius 3 is 2.77 bits per heavy atom. The van der Waals surface area contributed by atoms with E-state index in [0.29, 0.717) is 35.5 Å². The van der Waals surface area contributed by atoms with E-state index in [1.807, 2.05) is 4.90 Å². The number of hydrogen-bond donors (Lipinski definition) is 2. The third-order valence-electron chi connectivity index (χ3n) is 5.15. The van der Waals surface area contributed by atoms with Crippen molar-refractivity contribution >= 4 is 34.4 Å². The number of anilines is 1. The number of benzene rings is 1. The van der Waals surface area contributed by atoms with Crippen LogP contribution in [-0.4, -0.2) is 68.2 Å². The zero-order valence-corrected chi connectivity index (χ0v) is 17.4. The quantitative estimate of drug-likeness (QED) is 0.665. The molecule has 1 aliphatic heterocycles. The van der Waals surface area contributed by atoms with Gasteiger partial charge in [-0.25, -0.2) is 4.79 Å². The molecule has 9 nitrogen and oxygen atoms in total. The maximum Gasteiger partial charge on any atom is 0.356 e. The number of hydrogen-bond acceptors (Lipinski definition) is 7. The van der Waals surface area contributed by atoms with Crippen molar-refractivity contribution < 1.29 is 28.6 Å². The molecule has 2 heterocycles. The molecule has 1 aliphatic rings. The molecule has 0 aliphatic carbocycles. The smallest absolute Gasteiger partial charge is 0.356 e. The highest BCUT2D eigenvalue weighted by atomic mass is 16.5. The van der Waals surface area contributed by atoms with E-state index in [1.165, 1.54) is 7.11 Å². The highest BCUT2D eigenvalue weighted by molar-refractivity contribution is 6.11. The molecule has 9 heteroatoms. The molecular formula is C21H27N3O6. The van der Waals surface area contributed by atoms with Gasteiger partial charge in [0.05, 0.1) is 44.5 Å². The molecule has 1 amide bonds. The van der Waals surface area contributed by atoms with Crippen LogP contribution in [-0.2, 0) is 19.1 Å². The molecule has 30 heavy (non-hydrogen) atoms. The summed E-state index contributed by atoms with van der Waals surface area (Å²) in [4.78, 5) is 41.9. The summed E-state index contributed by atoms with van der Waals surface area (Å²) < 4.78 is 15.2. The zero-order valence-electron chi connectivity index (χ0n) is 17.4. The van der Waals surface area contributed by atoms with Crippen molar-refractivity contribution in [3.8, 4) is 5.75 Å². The first-order valence-electron chi connectivity index (χ1n) is 9.93. The number of piperidine rings is 1. The molecule has 1 saturated heterocycles. The number of nitrogens with one attached hydrogen (secondary N) is 2. The topological polar surface area (TPSA) is 110 Å². The van der Waals surface area contributed by atoms with E-state index >= 15 is 0 Å². The molecule has 3 rings (SSSR count). The standard InChI is InChI=1S/C21H27N3O6/c1-4-30-20(26)13-6-5-9-24(11-13)12-17(25)23-18-15-8-7-14(28-2)10-16(15)22-19(18)21(27)29-3/h7-8,10,13,22H,4-6,9,11-12H2,1-3H3,(H,23,25)/t13-/m0/s1. The number of esters is 2. The Morgan fingerprint density at radius 1 is 1.27 bits per heavy atom. The minimum Gasteiger partial charge on any atom is -0.497 e. The third-order valence-corrected chi connectivity index (χ3v) is 5.15. The maximum absolute atomic E-state index is 12.8. The van der Waals surface area contributed by atoms with Gasteiger partial charge in [-0.05, 0) is 38.4 Å². The number of ether oxygens (including phenoxy) is 3. The first-order valence-corrected chi connectivity index (χ1v) is 9.93. The Morgan fingerprint density at radius 2 is 2.07 bits per heavy atom. The van der Waals surface area contributed by atoms with Gasteiger partial charge in [-0.3, -0.25) is 14.5 Å². The molecule has 0 spiro atoms. The molecule has 2 aromatic rings. The van der Waals surface area contributed by atoms with Crippen molar-refractivity contribution in [1.82, 2.24) is 9.88 Å². The van der Waals surface area contributed by atoms with Gasteiger partial charge in [0.1, 0.15) is 11.4 Å². The van der Waals surface area contributed by atoms with Gasteiger partial charge in [0.15, 0.2) is 0 Å². The summed E-state index contributed by atoms with van der Waals surface area (Å²) in [6.45, 7) is 3.43. The van der Waals surface area contributed by atoms with E-state index in [9.17, 15) is 14.4 Å². The zero-order chi connectivity index (χ0) is 21.7. The van der Waals surface area contributed by atoms with Crippen LogP contribution in [0.15, 0.2) is 18.2 Å². The lowest BCUT2D eigenvalue weighted by atomic mass is 9.98. The van der Waals surface area contributed by atoms with Crippen molar-refractivity contribution in [2.24, 2.45) is 5.92 Å². The van der Waals surface area contributed by atoms with Crippen LogP contribution in [0.4, 0.5) is 5.69 Å². The number of aromatic amines is 1. The summed E-state index contributed by atoms with van der Waals surface area (Å²) in [5, 5.41) is 3.51. The number of fused-ring (bicyclic) bond motifs is 1. The van der Waals surface area contributed by atoms with Crippen molar-refractivity contribution in [3.05, 3.63) is 23.9 Å². The molecule has 1 aromatic heterocycles. The van der Waals surface area contributed by atoms with Gasteiger partial charge in [-0.2, -0.15) is 0 Å². The van der Waals surface area contributed by atoms with Gasteiger partial charge in [0, 0.05) is 18.0 Å². The molecule has 1 atom stereocenters. The summed E-state index contributed by atoms with van der Waals surface area (Å²) in [5.74, 6) is -0.683. The van der Waals surface area contributed by atoms with Crippen molar-refractivity contribution in [1.29, 1.82) is 0 Å². The average molecular weight is 417 g/mol. The molecule has 0 radical (unpaired) electrons. The van der Waals surface area contributed by atoms with Crippen LogP contribution in [0, 0.1) is 5.92 Å². The first-order chi connectivity index (χ1) is 14.5. The van der Waals surface area contributed by atoms with E-state index in [2.05, 4.69) is 10.3 Å². The Balaban J connectivity index is 1.75. The fourth-order valence-corrected chi connectivity index (χ4v) is 3.72. The number of methoxy groups -OCH3 is 2. The van der Waals surface area contributed by atoms with Crippen molar-refractivity contribution in [2.75, 3.05) is 45.8 Å². The summed E-state index contributed by atoms with van der Waals surface area (Å²) in [5.41, 5.74) is 1.17. The highest BCUT2D eigenvalue weighted by Gasteiger charge is 2.28. The minimum absolute atomic E-state index is 0.110. The Bertz CT molecular complexity index is 938. The van der Waals surface area contributed by atoms with Gasteiger partial charge < -0.3 is 24.5 Å². The number of carbonyl (C=O) groups is 3. The van der Waals surface area contributed by atoms with Gasteiger partial charge >= 0.3 is 11.9 Å². The van der Waals surface area contributed by atoms with Crippen LogP contribution < -0.4 is 10.1 Å². The summed E-state index contributed by atoms with van der Waals surface area (Å²) in [6.07, 6.45) is 1.57. The van der Waals surface area contributed by atoms with Crippen LogP contribution in [0.3, 0.4) is 0 Å². The molecular weight excluding hydrogens is 390 g/mol. The van der Waals surface area contributed by atoms with E-state index < -0.39 is 5.97 Å². The molecule has 162 valence electrons. The monoisotopic (exact) mass is 417 g/mol. The molecule has 2 N–H and O–H groups in total. The molecule has 0 unspecified atom stereocenters. The summed E-state index contributed by atoms with van der Waals surface area (Å²) in [6, 6.07) is 5.26. The molecule has 0 saturated carbocycles. The fourth-order valence-electron chi connectivity index (χ4n) is 3.72. The number of aromatic nitrogens is 1. The van der Waals surface area contributed by atoms with Gasteiger partial charge in [0.25, 0.3) is 0 Å². The van der Waals surface area contributed by atoms with Crippen LogP contribution in [0.1, 0.15) is 30.3 Å². The second-order valence-electron chi connectivity index (χ2n) is 7.15. The van der Waals surface area contributed by atoms with E-state index in [4.69, 9.17) is 14.2 Å². The van der Waals surface area contributed by atoms with E-state index in [-0.39, 0.29) is 30.0 Å². The van der Waals surface area contributed by atoms with Crippen LogP contribution in [0.2, 0.25) is 0 Å². The lowest BCUT2D eigenvalue weighted by Gasteiger charge is -2.30. The average Bonchev–Trinajstić information content (AvgIpc) is 3.10. The number of likely N-dealkylation sites (tertiary alicyclic amines) is 1. The Kier molecular flexibility index (Phi) is 6.94. The van der Waals surface area contributed by atoms with Gasteiger partial charge in [-0.15, -0.1) is 0 Å². The van der Waals surface area contributed by atoms with E-state index in [0.717, 1.165) is 19.4 Å². The molecule has 1 aromatic carbocycles. The lowest BCUT2D eigenvalue weighted by Crippen LogP contribution is -2.43. The summed E-state index contributed by atoms with van der Waals surface area (Å²) in [7, 11) is 2.83. The second-order valence-corrected chi connectivity index (χ2v) is 7.15. The predicted octanol–water partition coefficient (Wildman–Crippen LogP) is 2.18. The predicted molar refractivity (Wildman–Crippen MR) is 111 cm³/mol. The first kappa shape index (κ1) is 21.6. The third kappa shape index (κ3) is 4.73. The number of nitrogens with zero attached hydrogens (tertiary/aromatic N) is 1. The minimum atomic E-state index is -0.583.